The van der Waals surface area contributed by atoms with Gasteiger partial charge in [-0.15, -0.1) is 0 Å². The predicted octanol–water partition coefficient (Wildman–Crippen LogP) is 8.67. The number of nitrogens with zero attached hydrogens (tertiary/aromatic N) is 1. The van der Waals surface area contributed by atoms with Gasteiger partial charge in [0.2, 0.25) is 0 Å². The van der Waals surface area contributed by atoms with Gasteiger partial charge < -0.3 is 43.5 Å². The normalized spacial score (nSPS) is 30.8. The maximum atomic E-state index is 13.9. The lowest BCUT2D eigenvalue weighted by molar-refractivity contribution is -0.151. The smallest absolute Gasteiger partial charge is 0.410 e. The van der Waals surface area contributed by atoms with E-state index < -0.39 is 58.3 Å². The van der Waals surface area contributed by atoms with Crippen molar-refractivity contribution in [3.63, 3.8) is 0 Å². The van der Waals surface area contributed by atoms with Gasteiger partial charge in [-0.05, 0) is 87.9 Å². The Morgan fingerprint density at radius 2 is 1.66 bits per heavy atom. The topological polar surface area (TPSA) is 139 Å². The van der Waals surface area contributed by atoms with Crippen LogP contribution in [0.2, 0.25) is 36.3 Å². The number of piperazine rings is 1. The summed E-state index contributed by atoms with van der Waals surface area (Å²) in [5.74, 6) is -0.600. The van der Waals surface area contributed by atoms with Crippen molar-refractivity contribution in [3.8, 4) is 0 Å². The molecule has 58 heavy (non-hydrogen) atoms. The summed E-state index contributed by atoms with van der Waals surface area (Å²) in [5, 5.41) is 25.8. The van der Waals surface area contributed by atoms with Crippen molar-refractivity contribution < 1.29 is 42.9 Å². The summed E-state index contributed by atoms with van der Waals surface area (Å²) in [6.07, 6.45) is 9.15. The zero-order valence-corrected chi connectivity index (χ0v) is 40.3. The lowest BCUT2D eigenvalue weighted by Crippen LogP contribution is -2.50. The van der Waals surface area contributed by atoms with E-state index in [1.54, 1.807) is 17.9 Å². The summed E-state index contributed by atoms with van der Waals surface area (Å²) in [7, 11) is -4.16. The van der Waals surface area contributed by atoms with E-state index in [0.29, 0.717) is 45.4 Å². The van der Waals surface area contributed by atoms with Crippen molar-refractivity contribution in [3.05, 3.63) is 36.0 Å². The molecule has 0 saturated carbocycles. The maximum Gasteiger partial charge on any atom is 0.410 e. The Morgan fingerprint density at radius 3 is 2.22 bits per heavy atom. The molecule has 0 bridgehead atoms. The van der Waals surface area contributed by atoms with Crippen LogP contribution in [0.3, 0.4) is 0 Å². The molecule has 0 radical (unpaired) electrons. The van der Waals surface area contributed by atoms with Gasteiger partial charge in [0.15, 0.2) is 22.7 Å². The third-order valence-corrected chi connectivity index (χ3v) is 23.1. The van der Waals surface area contributed by atoms with E-state index in [4.69, 9.17) is 23.1 Å². The first-order valence-electron chi connectivity index (χ1n) is 22.7. The van der Waals surface area contributed by atoms with Crippen molar-refractivity contribution in [2.75, 3.05) is 26.2 Å². The summed E-state index contributed by atoms with van der Waals surface area (Å²) >= 11 is 0. The quantitative estimate of drug-likeness (QED) is 0.0381. The maximum absolute atomic E-state index is 13.9. The van der Waals surface area contributed by atoms with Gasteiger partial charge in [0, 0.05) is 44.4 Å². The molecule has 334 valence electrons. The molecule has 1 amide bonds. The summed E-state index contributed by atoms with van der Waals surface area (Å²) in [6, 6.07) is 5.83. The summed E-state index contributed by atoms with van der Waals surface area (Å²) in [6.45, 7) is 27.5. The molecular formula is C45H82N2O9Si2. The minimum atomic E-state index is -2.13. The van der Waals surface area contributed by atoms with Crippen molar-refractivity contribution >= 4 is 28.7 Å². The number of rotatable bonds is 19. The zero-order valence-electron chi connectivity index (χ0n) is 38.3. The average molecular weight is 851 g/mol. The van der Waals surface area contributed by atoms with Crippen LogP contribution in [-0.2, 0) is 27.9 Å². The van der Waals surface area contributed by atoms with Crippen LogP contribution in [0.5, 0.6) is 0 Å². The van der Waals surface area contributed by atoms with E-state index in [0.717, 1.165) is 41.8 Å². The van der Waals surface area contributed by atoms with E-state index in [9.17, 15) is 19.8 Å². The number of allylic oxidation sites excluding steroid dienone is 2. The first-order chi connectivity index (χ1) is 27.4. The van der Waals surface area contributed by atoms with Gasteiger partial charge in [0.1, 0.15) is 11.7 Å². The highest BCUT2D eigenvalue weighted by Gasteiger charge is 2.49. The lowest BCUT2D eigenvalue weighted by Gasteiger charge is -2.39. The highest BCUT2D eigenvalue weighted by Crippen LogP contribution is 2.41. The number of esters is 1. The molecule has 0 aromatic carbocycles. The SMILES string of the molecule is CC[C@H](O)[C@@H](C)[C@H]1O[C@@H]1C[C@](C)(/C=C/C=C(\C)[C@H]1OC(=O)CC(O[Si](CC)(CC)CC)CC[C@@](C)(O)[C@@H](OC(=O)N2CCNCC2)/C=C/[C@@H]1C)O[Si](CC)(CC)CC. The van der Waals surface area contributed by atoms with Crippen LogP contribution in [0.1, 0.15) is 115 Å². The van der Waals surface area contributed by atoms with Gasteiger partial charge in [-0.2, -0.15) is 0 Å². The molecule has 2 saturated heterocycles. The third kappa shape index (κ3) is 14.1. The molecule has 3 N–H and O–H groups in total. The molecule has 2 fully saturated rings. The monoisotopic (exact) mass is 851 g/mol. The summed E-state index contributed by atoms with van der Waals surface area (Å²) < 4.78 is 32.7. The van der Waals surface area contributed by atoms with Gasteiger partial charge in [-0.3, -0.25) is 4.79 Å². The minimum Gasteiger partial charge on any atom is -0.457 e. The van der Waals surface area contributed by atoms with Crippen LogP contribution < -0.4 is 5.32 Å². The van der Waals surface area contributed by atoms with Crippen molar-refractivity contribution in [2.45, 2.75) is 199 Å². The van der Waals surface area contributed by atoms with E-state index in [-0.39, 0.29) is 42.9 Å². The van der Waals surface area contributed by atoms with Crippen LogP contribution in [0, 0.1) is 11.8 Å². The van der Waals surface area contributed by atoms with Crippen molar-refractivity contribution in [1.82, 2.24) is 10.2 Å². The van der Waals surface area contributed by atoms with Crippen LogP contribution >= 0.6 is 0 Å². The van der Waals surface area contributed by atoms with Gasteiger partial charge in [-0.1, -0.05) is 86.6 Å². The number of carbonyl (C=O) groups is 2. The average Bonchev–Trinajstić information content (AvgIpc) is 3.98. The molecule has 3 aliphatic rings. The Bertz CT molecular complexity index is 1360. The Morgan fingerprint density at radius 1 is 1.05 bits per heavy atom. The number of hydrogen-bond donors (Lipinski definition) is 3. The van der Waals surface area contributed by atoms with E-state index in [1.165, 1.54) is 0 Å². The summed E-state index contributed by atoms with van der Waals surface area (Å²) in [4.78, 5) is 29.0. The van der Waals surface area contributed by atoms with Gasteiger partial charge >= 0.3 is 12.1 Å². The molecule has 0 aromatic rings. The minimum absolute atomic E-state index is 0.00104. The number of aliphatic hydroxyl groups excluding tert-OH is 1. The highest BCUT2D eigenvalue weighted by molar-refractivity contribution is 6.74. The first kappa shape index (κ1) is 50.5. The number of ether oxygens (including phenoxy) is 3. The number of nitrogens with one attached hydrogen (secondary N) is 1. The molecule has 0 aliphatic carbocycles. The summed E-state index contributed by atoms with van der Waals surface area (Å²) in [5.41, 5.74) is -1.15. The fourth-order valence-corrected chi connectivity index (χ4v) is 14.8. The van der Waals surface area contributed by atoms with Crippen LogP contribution in [0.25, 0.3) is 0 Å². The zero-order chi connectivity index (χ0) is 43.3. The molecule has 10 atom stereocenters. The van der Waals surface area contributed by atoms with Crippen molar-refractivity contribution in [1.29, 1.82) is 0 Å². The molecule has 3 rings (SSSR count). The van der Waals surface area contributed by atoms with Crippen LogP contribution in [-0.4, -0.2) is 118 Å². The van der Waals surface area contributed by atoms with Crippen molar-refractivity contribution in [2.24, 2.45) is 11.8 Å². The van der Waals surface area contributed by atoms with Gasteiger partial charge in [0.25, 0.3) is 0 Å². The van der Waals surface area contributed by atoms with E-state index in [1.807, 2.05) is 39.0 Å². The molecular weight excluding hydrogens is 769 g/mol. The lowest BCUT2D eigenvalue weighted by atomic mass is 9.88. The first-order valence-corrected chi connectivity index (χ1v) is 27.8. The second kappa shape index (κ2) is 22.8. The molecule has 0 spiro atoms. The Kier molecular flexibility index (Phi) is 19.9. The van der Waals surface area contributed by atoms with Gasteiger partial charge in [0.05, 0.1) is 36.4 Å². The number of aliphatic hydroxyl groups is 2. The van der Waals surface area contributed by atoms with E-state index in [2.05, 4.69) is 66.8 Å². The number of carbonyl (C=O) groups excluding carboxylic acids is 2. The number of cyclic esters (lactones) is 1. The largest absolute Gasteiger partial charge is 0.457 e. The second-order valence-electron chi connectivity index (χ2n) is 17.9. The fourth-order valence-electron chi connectivity index (χ4n) is 8.80. The third-order valence-electron chi connectivity index (χ3n) is 13.7. The predicted molar refractivity (Wildman–Crippen MR) is 238 cm³/mol. The molecule has 3 heterocycles. The van der Waals surface area contributed by atoms with Crippen LogP contribution in [0.15, 0.2) is 36.0 Å². The molecule has 0 aromatic heterocycles. The fraction of sp³-hybridized carbons (Fsp3) is 0.822. The number of epoxide rings is 1. The molecule has 13 heteroatoms. The van der Waals surface area contributed by atoms with Crippen LogP contribution in [0.4, 0.5) is 4.79 Å². The number of amides is 1. The molecule has 11 nitrogen and oxygen atoms in total. The number of hydrogen-bond acceptors (Lipinski definition) is 10. The highest BCUT2D eigenvalue weighted by atomic mass is 28.4. The Balaban J connectivity index is 2.00. The second-order valence-corrected chi connectivity index (χ2v) is 27.3. The molecule has 3 aliphatic heterocycles. The van der Waals surface area contributed by atoms with Gasteiger partial charge in [-0.25, -0.2) is 4.79 Å². The molecule has 1 unspecified atom stereocenters. The Hall–Kier alpha value is -1.85. The standard InChI is InChI=1S/C45H82N2O9Si2/c1-13-37(48)35(10)42-38(52-42)32-44(11,56-58(17-5,18-6)19-7)25-20-21-33(8)41-34(9)22-23-39(53-43(50)47-29-27-46-28-30-47)45(12,51)26-24-36(31-40(49)54-41)55-57(14-2,15-3)16-4/h20-23,25,34-39,41-42,46,48,51H,13-19,24,26-32H2,1-12H3/b23-22+,25-20+,33-21+/t34-,35+,36?,37-,38+,39-,41+,42+,44-,45+/m0/s1. The Labute approximate surface area is 354 Å². The van der Waals surface area contributed by atoms with E-state index >= 15 is 0 Å².